The molecule has 0 saturated carbocycles. The Hall–Kier alpha value is -0.380. The second kappa shape index (κ2) is 7.28. The number of aromatic nitrogens is 2. The molecule has 1 atom stereocenters. The zero-order chi connectivity index (χ0) is 7.40. The molecule has 0 radical (unpaired) electrons. The summed E-state index contributed by atoms with van der Waals surface area (Å²) in [6, 6.07) is 2.05. The van der Waals surface area contributed by atoms with Crippen molar-refractivity contribution in [3.8, 4) is 0 Å². The Morgan fingerprint density at radius 1 is 1.25 bits per heavy atom. The third kappa shape index (κ3) is 3.85. The molecular formula is C7H13Cl2N3. The fourth-order valence-corrected chi connectivity index (χ4v) is 0.663. The second-order valence-electron chi connectivity index (χ2n) is 2.12. The highest BCUT2D eigenvalue weighted by Gasteiger charge is 2.01. The number of rotatable bonds is 2. The Kier molecular flexibility index (Phi) is 8.59. The van der Waals surface area contributed by atoms with E-state index >= 15 is 0 Å². The van der Waals surface area contributed by atoms with E-state index in [0.29, 0.717) is 0 Å². The summed E-state index contributed by atoms with van der Waals surface area (Å²) in [5.41, 5.74) is 0. The van der Waals surface area contributed by atoms with Crippen molar-refractivity contribution in [1.29, 1.82) is 0 Å². The van der Waals surface area contributed by atoms with Crippen molar-refractivity contribution in [2.75, 3.05) is 7.05 Å². The summed E-state index contributed by atoms with van der Waals surface area (Å²) in [5, 5.41) is 3.06. The van der Waals surface area contributed by atoms with Gasteiger partial charge < -0.3 is 5.32 Å². The molecule has 0 aliphatic heterocycles. The lowest BCUT2D eigenvalue weighted by atomic mass is 10.3. The molecule has 0 aromatic carbocycles. The molecule has 1 N–H and O–H groups in total. The third-order valence-corrected chi connectivity index (χ3v) is 1.41. The quantitative estimate of drug-likeness (QED) is 0.805. The molecule has 0 bridgehead atoms. The van der Waals surface area contributed by atoms with Crippen LogP contribution in [0.2, 0.25) is 0 Å². The van der Waals surface area contributed by atoms with Gasteiger partial charge in [0.15, 0.2) is 0 Å². The second-order valence-corrected chi connectivity index (χ2v) is 2.12. The summed E-state index contributed by atoms with van der Waals surface area (Å²) < 4.78 is 0. The highest BCUT2D eigenvalue weighted by atomic mass is 35.5. The molecule has 12 heavy (non-hydrogen) atoms. The highest BCUT2D eigenvalue weighted by molar-refractivity contribution is 5.85. The van der Waals surface area contributed by atoms with Crippen LogP contribution in [0, 0.1) is 0 Å². The van der Waals surface area contributed by atoms with E-state index in [4.69, 9.17) is 0 Å². The fraction of sp³-hybridized carbons (Fsp3) is 0.429. The summed E-state index contributed by atoms with van der Waals surface area (Å²) in [6.07, 6.45) is 3.49. The first-order valence-electron chi connectivity index (χ1n) is 3.28. The summed E-state index contributed by atoms with van der Waals surface area (Å²) in [6.45, 7) is 2.02. The van der Waals surface area contributed by atoms with Crippen molar-refractivity contribution in [2.45, 2.75) is 13.0 Å². The molecule has 0 amide bonds. The normalized spacial score (nSPS) is 10.8. The van der Waals surface area contributed by atoms with E-state index in [1.165, 1.54) is 0 Å². The van der Waals surface area contributed by atoms with Gasteiger partial charge in [-0.25, -0.2) is 9.97 Å². The monoisotopic (exact) mass is 209 g/mol. The number of halogens is 2. The minimum absolute atomic E-state index is 0. The topological polar surface area (TPSA) is 37.8 Å². The van der Waals surface area contributed by atoms with Crippen LogP contribution in [-0.2, 0) is 0 Å². The van der Waals surface area contributed by atoms with Crippen LogP contribution < -0.4 is 5.32 Å². The summed E-state index contributed by atoms with van der Waals surface area (Å²) in [4.78, 5) is 8.15. The van der Waals surface area contributed by atoms with E-state index in [1.54, 1.807) is 12.4 Å². The van der Waals surface area contributed by atoms with Crippen LogP contribution in [0.15, 0.2) is 18.5 Å². The van der Waals surface area contributed by atoms with Gasteiger partial charge in [-0.2, -0.15) is 0 Å². The van der Waals surface area contributed by atoms with E-state index in [-0.39, 0.29) is 30.9 Å². The third-order valence-electron chi connectivity index (χ3n) is 1.41. The van der Waals surface area contributed by atoms with E-state index in [0.717, 1.165) is 5.82 Å². The smallest absolute Gasteiger partial charge is 0.144 e. The Morgan fingerprint density at radius 2 is 1.75 bits per heavy atom. The maximum absolute atomic E-state index is 4.08. The zero-order valence-corrected chi connectivity index (χ0v) is 8.65. The Balaban J connectivity index is 0. The molecule has 1 aromatic rings. The summed E-state index contributed by atoms with van der Waals surface area (Å²) in [7, 11) is 1.89. The van der Waals surface area contributed by atoms with Crippen LogP contribution in [0.3, 0.4) is 0 Å². The standard InChI is InChI=1S/C7H11N3.2ClH/c1-6(8-2)7-9-4-3-5-10-7;;/h3-6,8H,1-2H3;2*1H. The van der Waals surface area contributed by atoms with Crippen molar-refractivity contribution in [1.82, 2.24) is 15.3 Å². The van der Waals surface area contributed by atoms with Crippen molar-refractivity contribution < 1.29 is 0 Å². The maximum Gasteiger partial charge on any atom is 0.144 e. The summed E-state index contributed by atoms with van der Waals surface area (Å²) >= 11 is 0. The molecule has 70 valence electrons. The Bertz CT molecular complexity index is 193. The first kappa shape index (κ1) is 14.2. The lowest BCUT2D eigenvalue weighted by Crippen LogP contribution is -2.14. The molecule has 0 aliphatic carbocycles. The van der Waals surface area contributed by atoms with E-state index in [9.17, 15) is 0 Å². The molecule has 0 saturated heterocycles. The molecular weight excluding hydrogens is 197 g/mol. The van der Waals surface area contributed by atoms with Crippen LogP contribution in [0.5, 0.6) is 0 Å². The SMILES string of the molecule is CNC(C)c1ncccn1.Cl.Cl. The highest BCUT2D eigenvalue weighted by Crippen LogP contribution is 2.01. The molecule has 0 fully saturated rings. The molecule has 3 nitrogen and oxygen atoms in total. The van der Waals surface area contributed by atoms with Gasteiger partial charge in [0, 0.05) is 12.4 Å². The number of hydrogen-bond acceptors (Lipinski definition) is 3. The minimum Gasteiger partial charge on any atom is -0.311 e. The van der Waals surface area contributed by atoms with E-state index in [2.05, 4.69) is 15.3 Å². The van der Waals surface area contributed by atoms with Gasteiger partial charge in [0.05, 0.1) is 6.04 Å². The largest absolute Gasteiger partial charge is 0.311 e. The van der Waals surface area contributed by atoms with Gasteiger partial charge in [-0.15, -0.1) is 24.8 Å². The Labute approximate surface area is 84.8 Å². The fourth-order valence-electron chi connectivity index (χ4n) is 0.663. The van der Waals surface area contributed by atoms with Crippen LogP contribution in [0.1, 0.15) is 18.8 Å². The number of nitrogens with one attached hydrogen (secondary N) is 1. The van der Waals surface area contributed by atoms with Gasteiger partial charge in [0.25, 0.3) is 0 Å². The molecule has 0 spiro atoms. The van der Waals surface area contributed by atoms with Crippen molar-refractivity contribution >= 4 is 24.8 Å². The van der Waals surface area contributed by atoms with Crippen LogP contribution >= 0.6 is 24.8 Å². The maximum atomic E-state index is 4.08. The average molecular weight is 210 g/mol. The molecule has 1 unspecified atom stereocenters. The van der Waals surface area contributed by atoms with Gasteiger partial charge in [0.2, 0.25) is 0 Å². The molecule has 1 rings (SSSR count). The molecule has 1 aromatic heterocycles. The predicted octanol–water partition coefficient (Wildman–Crippen LogP) is 1.60. The Morgan fingerprint density at radius 3 is 2.17 bits per heavy atom. The minimum atomic E-state index is 0. The predicted molar refractivity (Wildman–Crippen MR) is 54.0 cm³/mol. The summed E-state index contributed by atoms with van der Waals surface area (Å²) in [5.74, 6) is 0.838. The zero-order valence-electron chi connectivity index (χ0n) is 7.02. The first-order valence-corrected chi connectivity index (χ1v) is 3.28. The first-order chi connectivity index (χ1) is 4.84. The number of nitrogens with zero attached hydrogens (tertiary/aromatic N) is 2. The average Bonchev–Trinajstić information content (AvgIpc) is 2.05. The molecule has 5 heteroatoms. The van der Waals surface area contributed by atoms with E-state index in [1.807, 2.05) is 20.0 Å². The van der Waals surface area contributed by atoms with Gasteiger partial charge >= 0.3 is 0 Å². The van der Waals surface area contributed by atoms with Crippen molar-refractivity contribution in [2.24, 2.45) is 0 Å². The van der Waals surface area contributed by atoms with Gasteiger partial charge in [-0.05, 0) is 20.0 Å². The van der Waals surface area contributed by atoms with Gasteiger partial charge in [0.1, 0.15) is 5.82 Å². The van der Waals surface area contributed by atoms with Crippen LogP contribution in [0.25, 0.3) is 0 Å². The van der Waals surface area contributed by atoms with Crippen molar-refractivity contribution in [3.05, 3.63) is 24.3 Å². The van der Waals surface area contributed by atoms with Gasteiger partial charge in [-0.1, -0.05) is 0 Å². The molecule has 1 heterocycles. The van der Waals surface area contributed by atoms with Crippen molar-refractivity contribution in [3.63, 3.8) is 0 Å². The number of hydrogen-bond donors (Lipinski definition) is 1. The lowest BCUT2D eigenvalue weighted by Gasteiger charge is -2.05. The van der Waals surface area contributed by atoms with Crippen LogP contribution in [-0.4, -0.2) is 17.0 Å². The van der Waals surface area contributed by atoms with E-state index < -0.39 is 0 Å². The molecule has 0 aliphatic rings. The van der Waals surface area contributed by atoms with Crippen LogP contribution in [0.4, 0.5) is 0 Å². The lowest BCUT2D eigenvalue weighted by molar-refractivity contribution is 0.610. The van der Waals surface area contributed by atoms with Gasteiger partial charge in [-0.3, -0.25) is 0 Å².